The van der Waals surface area contributed by atoms with Gasteiger partial charge in [0.15, 0.2) is 0 Å². The zero-order chi connectivity index (χ0) is 18.0. The standard InChI is InChI=1S/C20H21NO4/c1-3-12-21-18(13-8-10-14(25-2)11-9-13)17(20(23)24)15-6-4-5-7-16(15)19(21)22/h4-11,17-18H,3,12H2,1-2H3,(H,23,24)/t17-,18-/m1/s1. The first-order chi connectivity index (χ1) is 12.1. The first kappa shape index (κ1) is 17.0. The third-order valence-corrected chi connectivity index (χ3v) is 4.63. The SMILES string of the molecule is CCCN1C(=O)c2ccccc2[C@@H](C(=O)O)[C@H]1c1ccc(OC)cc1. The fourth-order valence-corrected chi connectivity index (χ4v) is 3.52. The lowest BCUT2D eigenvalue weighted by Gasteiger charge is -2.40. The maximum atomic E-state index is 13.0. The molecule has 2 atom stereocenters. The Kier molecular flexibility index (Phi) is 4.74. The Morgan fingerprint density at radius 2 is 1.84 bits per heavy atom. The van der Waals surface area contributed by atoms with E-state index < -0.39 is 17.9 Å². The Morgan fingerprint density at radius 1 is 1.16 bits per heavy atom. The van der Waals surface area contributed by atoms with E-state index in [9.17, 15) is 14.7 Å². The summed E-state index contributed by atoms with van der Waals surface area (Å²) in [5, 5.41) is 9.93. The Balaban J connectivity index is 2.16. The molecule has 0 radical (unpaired) electrons. The number of nitrogens with zero attached hydrogens (tertiary/aromatic N) is 1. The number of ether oxygens (including phenoxy) is 1. The molecule has 0 saturated heterocycles. The summed E-state index contributed by atoms with van der Waals surface area (Å²) in [5.74, 6) is -1.15. The van der Waals surface area contributed by atoms with Crippen molar-refractivity contribution in [2.75, 3.05) is 13.7 Å². The lowest BCUT2D eigenvalue weighted by atomic mass is 9.79. The first-order valence-corrected chi connectivity index (χ1v) is 8.35. The molecule has 1 N–H and O–H groups in total. The van der Waals surface area contributed by atoms with Crippen LogP contribution in [-0.2, 0) is 4.79 Å². The van der Waals surface area contributed by atoms with Gasteiger partial charge in [-0.05, 0) is 35.7 Å². The van der Waals surface area contributed by atoms with Crippen molar-refractivity contribution in [3.05, 3.63) is 65.2 Å². The average Bonchev–Trinajstić information content (AvgIpc) is 2.63. The Morgan fingerprint density at radius 3 is 2.44 bits per heavy atom. The molecule has 2 aromatic rings. The van der Waals surface area contributed by atoms with Gasteiger partial charge < -0.3 is 14.7 Å². The van der Waals surface area contributed by atoms with Crippen LogP contribution in [0.1, 0.15) is 46.8 Å². The number of aliphatic carboxylic acids is 1. The molecule has 0 unspecified atom stereocenters. The molecule has 0 aliphatic carbocycles. The van der Waals surface area contributed by atoms with E-state index in [-0.39, 0.29) is 5.91 Å². The molecule has 3 rings (SSSR count). The van der Waals surface area contributed by atoms with E-state index in [1.165, 1.54) is 0 Å². The molecule has 0 aromatic heterocycles. The number of carbonyl (C=O) groups excluding carboxylic acids is 1. The van der Waals surface area contributed by atoms with Gasteiger partial charge in [-0.2, -0.15) is 0 Å². The first-order valence-electron chi connectivity index (χ1n) is 8.35. The van der Waals surface area contributed by atoms with Crippen LogP contribution in [0.5, 0.6) is 5.75 Å². The maximum Gasteiger partial charge on any atom is 0.313 e. The van der Waals surface area contributed by atoms with Crippen molar-refractivity contribution in [3.63, 3.8) is 0 Å². The molecule has 0 spiro atoms. The van der Waals surface area contributed by atoms with Crippen LogP contribution in [0.4, 0.5) is 0 Å². The van der Waals surface area contributed by atoms with Crippen molar-refractivity contribution in [1.29, 1.82) is 0 Å². The summed E-state index contributed by atoms with van der Waals surface area (Å²) in [4.78, 5) is 26.8. The van der Waals surface area contributed by atoms with Gasteiger partial charge in [-0.1, -0.05) is 37.3 Å². The van der Waals surface area contributed by atoms with Crippen molar-refractivity contribution in [1.82, 2.24) is 4.90 Å². The molecule has 0 bridgehead atoms. The Hall–Kier alpha value is -2.82. The van der Waals surface area contributed by atoms with Gasteiger partial charge in [-0.3, -0.25) is 9.59 Å². The zero-order valence-electron chi connectivity index (χ0n) is 14.3. The molecule has 25 heavy (non-hydrogen) atoms. The van der Waals surface area contributed by atoms with Gasteiger partial charge in [0.05, 0.1) is 13.2 Å². The summed E-state index contributed by atoms with van der Waals surface area (Å²) in [7, 11) is 1.58. The normalized spacial score (nSPS) is 19.4. The third-order valence-electron chi connectivity index (χ3n) is 4.63. The van der Waals surface area contributed by atoms with Gasteiger partial charge in [0, 0.05) is 12.1 Å². The van der Waals surface area contributed by atoms with E-state index in [4.69, 9.17) is 4.74 Å². The molecule has 2 aromatic carbocycles. The number of amides is 1. The van der Waals surface area contributed by atoms with E-state index in [1.54, 1.807) is 48.4 Å². The largest absolute Gasteiger partial charge is 0.497 e. The van der Waals surface area contributed by atoms with Crippen molar-refractivity contribution in [2.24, 2.45) is 0 Å². The van der Waals surface area contributed by atoms with Crippen LogP contribution in [0.15, 0.2) is 48.5 Å². The molecule has 1 aliphatic heterocycles. The van der Waals surface area contributed by atoms with E-state index in [2.05, 4.69) is 0 Å². The van der Waals surface area contributed by atoms with E-state index >= 15 is 0 Å². The fourth-order valence-electron chi connectivity index (χ4n) is 3.52. The minimum Gasteiger partial charge on any atom is -0.497 e. The second-order valence-electron chi connectivity index (χ2n) is 6.12. The minimum absolute atomic E-state index is 0.115. The highest BCUT2D eigenvalue weighted by Crippen LogP contribution is 2.43. The van der Waals surface area contributed by atoms with Crippen LogP contribution in [0.3, 0.4) is 0 Å². The second-order valence-corrected chi connectivity index (χ2v) is 6.12. The molecular weight excluding hydrogens is 318 g/mol. The van der Waals surface area contributed by atoms with Crippen LogP contribution in [0.25, 0.3) is 0 Å². The lowest BCUT2D eigenvalue weighted by Crippen LogP contribution is -2.45. The topological polar surface area (TPSA) is 66.8 Å². The van der Waals surface area contributed by atoms with Gasteiger partial charge in [-0.25, -0.2) is 0 Å². The van der Waals surface area contributed by atoms with Gasteiger partial charge in [0.1, 0.15) is 11.7 Å². The van der Waals surface area contributed by atoms with Crippen molar-refractivity contribution in [3.8, 4) is 5.75 Å². The second kappa shape index (κ2) is 6.97. The molecule has 1 aliphatic rings. The number of hydrogen-bond acceptors (Lipinski definition) is 3. The number of rotatable bonds is 5. The number of carboxylic acids is 1. The zero-order valence-corrected chi connectivity index (χ0v) is 14.3. The molecule has 1 amide bonds. The van der Waals surface area contributed by atoms with Gasteiger partial charge >= 0.3 is 5.97 Å². The summed E-state index contributed by atoms with van der Waals surface area (Å²) < 4.78 is 5.19. The highest BCUT2D eigenvalue weighted by molar-refractivity contribution is 6.00. The third kappa shape index (κ3) is 2.97. The smallest absolute Gasteiger partial charge is 0.313 e. The van der Waals surface area contributed by atoms with Crippen molar-refractivity contribution in [2.45, 2.75) is 25.3 Å². The highest BCUT2D eigenvalue weighted by atomic mass is 16.5. The van der Waals surface area contributed by atoms with Crippen LogP contribution in [0, 0.1) is 0 Å². The number of carbonyl (C=O) groups is 2. The van der Waals surface area contributed by atoms with E-state index in [0.717, 1.165) is 12.0 Å². The summed E-state index contributed by atoms with van der Waals surface area (Å²) in [6.07, 6.45) is 0.757. The highest BCUT2D eigenvalue weighted by Gasteiger charge is 2.43. The number of fused-ring (bicyclic) bond motifs is 1. The monoisotopic (exact) mass is 339 g/mol. The number of methoxy groups -OCH3 is 1. The van der Waals surface area contributed by atoms with Crippen LogP contribution >= 0.6 is 0 Å². The quantitative estimate of drug-likeness (QED) is 0.906. The van der Waals surface area contributed by atoms with Crippen LogP contribution in [-0.4, -0.2) is 35.5 Å². The molecule has 0 saturated carbocycles. The van der Waals surface area contributed by atoms with Crippen LogP contribution < -0.4 is 4.74 Å². The van der Waals surface area contributed by atoms with Gasteiger partial charge in [0.2, 0.25) is 0 Å². The summed E-state index contributed by atoms with van der Waals surface area (Å²) in [6, 6.07) is 13.7. The molecule has 5 nitrogen and oxygen atoms in total. The number of hydrogen-bond donors (Lipinski definition) is 1. The molecule has 1 heterocycles. The summed E-state index contributed by atoms with van der Waals surface area (Å²) in [6.45, 7) is 2.49. The van der Waals surface area contributed by atoms with Crippen LogP contribution in [0.2, 0.25) is 0 Å². The fraction of sp³-hybridized carbons (Fsp3) is 0.300. The minimum atomic E-state index is -0.929. The summed E-state index contributed by atoms with van der Waals surface area (Å²) >= 11 is 0. The molecule has 5 heteroatoms. The Labute approximate surface area is 146 Å². The predicted octanol–water partition coefficient (Wildman–Crippen LogP) is 3.47. The predicted molar refractivity (Wildman–Crippen MR) is 93.9 cm³/mol. The van der Waals surface area contributed by atoms with E-state index in [1.807, 2.05) is 19.1 Å². The molecule has 0 fully saturated rings. The van der Waals surface area contributed by atoms with E-state index in [0.29, 0.717) is 23.4 Å². The summed E-state index contributed by atoms with van der Waals surface area (Å²) in [5.41, 5.74) is 1.85. The lowest BCUT2D eigenvalue weighted by molar-refractivity contribution is -0.140. The average molecular weight is 339 g/mol. The Bertz CT molecular complexity index is 785. The molecular formula is C20H21NO4. The number of benzene rings is 2. The van der Waals surface area contributed by atoms with Gasteiger partial charge in [0.25, 0.3) is 5.91 Å². The van der Waals surface area contributed by atoms with Gasteiger partial charge in [-0.15, -0.1) is 0 Å². The number of carboxylic acid groups (broad SMARTS) is 1. The molecule has 130 valence electrons. The maximum absolute atomic E-state index is 13.0. The van der Waals surface area contributed by atoms with Crippen molar-refractivity contribution < 1.29 is 19.4 Å². The van der Waals surface area contributed by atoms with Crippen molar-refractivity contribution >= 4 is 11.9 Å².